The maximum Gasteiger partial charge on any atom is 0.366 e. The topological polar surface area (TPSA) is 111 Å². The number of hydrogen-bond donors (Lipinski definition) is 2. The van der Waals surface area contributed by atoms with Gasteiger partial charge in [0.25, 0.3) is 0 Å². The van der Waals surface area contributed by atoms with Crippen LogP contribution in [-0.2, 0) is 0 Å². The zero-order valence-electron chi connectivity index (χ0n) is 18.9. The highest BCUT2D eigenvalue weighted by atomic mass is 16.7. The summed E-state index contributed by atoms with van der Waals surface area (Å²) in [5, 5.41) is 21.1. The average molecular weight is 468 g/mol. The number of pyridine rings is 1. The number of aryl methyl sites for hydroxylation is 2. The Bertz CT molecular complexity index is 1640. The van der Waals surface area contributed by atoms with Gasteiger partial charge in [0.15, 0.2) is 0 Å². The molecule has 0 saturated heterocycles. The minimum atomic E-state index is -0.877. The molecule has 0 unspecified atom stereocenters. The van der Waals surface area contributed by atoms with Crippen molar-refractivity contribution in [3.05, 3.63) is 95.1 Å². The van der Waals surface area contributed by atoms with Crippen molar-refractivity contribution in [2.75, 3.05) is 0 Å². The largest absolute Gasteiger partial charge is 0.492 e. The van der Waals surface area contributed by atoms with Crippen molar-refractivity contribution in [3.8, 4) is 17.5 Å². The summed E-state index contributed by atoms with van der Waals surface area (Å²) in [6.07, 6.45) is 0. The second kappa shape index (κ2) is 8.49. The molecule has 2 aromatic heterocycles. The van der Waals surface area contributed by atoms with E-state index >= 15 is 0 Å². The monoisotopic (exact) mass is 468 g/mol. The Morgan fingerprint density at radius 3 is 2.29 bits per heavy atom. The first-order valence-corrected chi connectivity index (χ1v) is 10.8. The first-order chi connectivity index (χ1) is 16.8. The number of fused-ring (bicyclic) bond motifs is 2. The van der Waals surface area contributed by atoms with Gasteiger partial charge in [0.05, 0.1) is 22.2 Å². The molecule has 0 fully saturated rings. The summed E-state index contributed by atoms with van der Waals surface area (Å²) >= 11 is 0. The summed E-state index contributed by atoms with van der Waals surface area (Å²) in [4.78, 5) is 36.3. The van der Waals surface area contributed by atoms with Crippen molar-refractivity contribution >= 4 is 33.7 Å². The highest BCUT2D eigenvalue weighted by molar-refractivity contribution is 6.17. The Morgan fingerprint density at radius 1 is 0.829 bits per heavy atom. The van der Waals surface area contributed by atoms with Gasteiger partial charge in [-0.1, -0.05) is 48.5 Å². The molecular weight excluding hydrogens is 448 g/mol. The number of rotatable bonds is 4. The normalized spacial score (nSPS) is 11.0. The Kier molecular flexibility index (Phi) is 5.33. The van der Waals surface area contributed by atoms with Crippen molar-refractivity contribution in [1.82, 2.24) is 9.71 Å². The molecule has 0 atom stereocenters. The van der Waals surface area contributed by atoms with E-state index in [9.17, 15) is 19.8 Å². The summed E-state index contributed by atoms with van der Waals surface area (Å²) in [7, 11) is 0. The van der Waals surface area contributed by atoms with Gasteiger partial charge in [0.1, 0.15) is 5.75 Å². The first-order valence-electron chi connectivity index (χ1n) is 10.8. The van der Waals surface area contributed by atoms with Gasteiger partial charge < -0.3 is 19.8 Å². The van der Waals surface area contributed by atoms with Crippen LogP contribution in [0.5, 0.6) is 17.5 Å². The lowest BCUT2D eigenvalue weighted by Crippen LogP contribution is -2.20. The molecule has 0 aliphatic carbocycles. The number of hydrogen-bond acceptors (Lipinski definition) is 7. The SMILES string of the molecule is Cc1ccccc1OC(=O)c1c2ccccc2nc2c(C(=O)On3c(O)cc(C)c3O)cccc12. The lowest BCUT2D eigenvalue weighted by Gasteiger charge is -2.14. The van der Waals surface area contributed by atoms with Crippen LogP contribution in [0.25, 0.3) is 21.8 Å². The zero-order chi connectivity index (χ0) is 24.7. The molecule has 0 spiro atoms. The van der Waals surface area contributed by atoms with Crippen LogP contribution in [0.3, 0.4) is 0 Å². The van der Waals surface area contributed by atoms with Gasteiger partial charge >= 0.3 is 11.9 Å². The van der Waals surface area contributed by atoms with Gasteiger partial charge in [0, 0.05) is 22.4 Å². The lowest BCUT2D eigenvalue weighted by molar-refractivity contribution is 0.0383. The van der Waals surface area contributed by atoms with E-state index in [4.69, 9.17) is 9.57 Å². The van der Waals surface area contributed by atoms with Crippen LogP contribution in [0, 0.1) is 13.8 Å². The van der Waals surface area contributed by atoms with Crippen molar-refractivity contribution in [2.24, 2.45) is 0 Å². The third-order valence-corrected chi connectivity index (χ3v) is 5.70. The number of benzene rings is 3. The van der Waals surface area contributed by atoms with Gasteiger partial charge in [0.2, 0.25) is 11.8 Å². The van der Waals surface area contributed by atoms with Crippen molar-refractivity contribution in [3.63, 3.8) is 0 Å². The number of carbonyl (C=O) groups is 2. The third kappa shape index (κ3) is 3.80. The van der Waals surface area contributed by atoms with Crippen LogP contribution >= 0.6 is 0 Å². The number of esters is 1. The number of para-hydroxylation sites is 3. The van der Waals surface area contributed by atoms with Crippen molar-refractivity contribution in [2.45, 2.75) is 13.8 Å². The maximum absolute atomic E-state index is 13.4. The number of aromatic hydroxyl groups is 2. The third-order valence-electron chi connectivity index (χ3n) is 5.70. The Morgan fingerprint density at radius 2 is 1.54 bits per heavy atom. The van der Waals surface area contributed by atoms with Gasteiger partial charge in [-0.15, -0.1) is 4.73 Å². The molecule has 2 heterocycles. The average Bonchev–Trinajstić information content (AvgIpc) is 3.09. The fraction of sp³-hybridized carbons (Fsp3) is 0.0741. The van der Waals surface area contributed by atoms with E-state index in [1.807, 2.05) is 19.1 Å². The summed E-state index contributed by atoms with van der Waals surface area (Å²) < 4.78 is 6.35. The molecule has 3 aromatic carbocycles. The highest BCUT2D eigenvalue weighted by Crippen LogP contribution is 2.31. The summed E-state index contributed by atoms with van der Waals surface area (Å²) in [6.45, 7) is 3.39. The van der Waals surface area contributed by atoms with Crippen LogP contribution in [0.15, 0.2) is 72.8 Å². The van der Waals surface area contributed by atoms with E-state index in [1.54, 1.807) is 55.5 Å². The van der Waals surface area contributed by atoms with E-state index in [0.29, 0.717) is 32.3 Å². The molecule has 174 valence electrons. The molecule has 0 aliphatic heterocycles. The Balaban J connectivity index is 1.66. The molecule has 2 N–H and O–H groups in total. The number of ether oxygens (including phenoxy) is 1. The van der Waals surface area contributed by atoms with Gasteiger partial charge in [-0.2, -0.15) is 0 Å². The quantitative estimate of drug-likeness (QED) is 0.223. The Hall–Kier alpha value is -4.85. The second-order valence-corrected chi connectivity index (χ2v) is 8.04. The van der Waals surface area contributed by atoms with Crippen LogP contribution in [0.1, 0.15) is 31.8 Å². The summed E-state index contributed by atoms with van der Waals surface area (Å²) in [5.41, 5.74) is 2.14. The molecule has 8 heteroatoms. The second-order valence-electron chi connectivity index (χ2n) is 8.04. The molecule has 5 aromatic rings. The molecule has 0 saturated carbocycles. The molecule has 35 heavy (non-hydrogen) atoms. The minimum Gasteiger partial charge on any atom is -0.492 e. The first kappa shape index (κ1) is 22.0. The van der Waals surface area contributed by atoms with Gasteiger partial charge in [-0.05, 0) is 37.6 Å². The predicted molar refractivity (Wildman–Crippen MR) is 129 cm³/mol. The van der Waals surface area contributed by atoms with Crippen molar-refractivity contribution in [1.29, 1.82) is 0 Å². The predicted octanol–water partition coefficient (Wildman–Crippen LogP) is 4.71. The van der Waals surface area contributed by atoms with E-state index in [0.717, 1.165) is 5.56 Å². The minimum absolute atomic E-state index is 0.0448. The number of aromatic nitrogens is 2. The van der Waals surface area contributed by atoms with Crippen LogP contribution in [0.4, 0.5) is 0 Å². The summed E-state index contributed by atoms with van der Waals surface area (Å²) in [5.74, 6) is -1.88. The summed E-state index contributed by atoms with van der Waals surface area (Å²) in [6, 6.07) is 20.3. The molecule has 5 rings (SSSR count). The van der Waals surface area contributed by atoms with E-state index in [-0.39, 0.29) is 16.6 Å². The van der Waals surface area contributed by atoms with Gasteiger partial charge in [-0.3, -0.25) is 0 Å². The van der Waals surface area contributed by atoms with Gasteiger partial charge in [-0.25, -0.2) is 14.6 Å². The maximum atomic E-state index is 13.4. The highest BCUT2D eigenvalue weighted by Gasteiger charge is 2.24. The van der Waals surface area contributed by atoms with Crippen LogP contribution in [0.2, 0.25) is 0 Å². The fourth-order valence-electron chi connectivity index (χ4n) is 3.93. The standard InChI is InChI=1S/C27H20N2O6/c1-15-8-3-6-13-21(15)34-27(33)23-17-9-4-5-12-20(17)28-24-18(23)10-7-11-19(24)26(32)35-29-22(30)14-16(2)25(29)31/h3-14,30-31H,1-2H3. The molecule has 0 aliphatic rings. The molecule has 8 nitrogen and oxygen atoms in total. The van der Waals surface area contributed by atoms with E-state index in [2.05, 4.69) is 4.98 Å². The smallest absolute Gasteiger partial charge is 0.366 e. The lowest BCUT2D eigenvalue weighted by atomic mass is 10.00. The molecular formula is C27H20N2O6. The number of nitrogens with zero attached hydrogens (tertiary/aromatic N) is 2. The van der Waals surface area contributed by atoms with Crippen molar-refractivity contribution < 1.29 is 29.4 Å². The number of carbonyl (C=O) groups excluding carboxylic acids is 2. The van der Waals surface area contributed by atoms with Crippen LogP contribution < -0.4 is 9.57 Å². The fourth-order valence-corrected chi connectivity index (χ4v) is 3.93. The van der Waals surface area contributed by atoms with Crippen LogP contribution in [-0.4, -0.2) is 31.9 Å². The van der Waals surface area contributed by atoms with E-state index in [1.165, 1.54) is 12.1 Å². The Labute approximate surface area is 199 Å². The molecule has 0 radical (unpaired) electrons. The van der Waals surface area contributed by atoms with E-state index < -0.39 is 23.7 Å². The molecule has 0 amide bonds. The zero-order valence-corrected chi connectivity index (χ0v) is 18.9. The molecule has 0 bridgehead atoms.